The van der Waals surface area contributed by atoms with Gasteiger partial charge in [0, 0.05) is 6.07 Å². The van der Waals surface area contributed by atoms with Crippen LogP contribution in [0.5, 0.6) is 5.75 Å². The van der Waals surface area contributed by atoms with Crippen molar-refractivity contribution in [1.29, 1.82) is 0 Å². The summed E-state index contributed by atoms with van der Waals surface area (Å²) in [4.78, 5) is 0. The first kappa shape index (κ1) is 14.1. The molecule has 1 aromatic rings. The number of benzene rings is 1. The van der Waals surface area contributed by atoms with E-state index in [1.54, 1.807) is 0 Å². The molecule has 2 nitrogen and oxygen atoms in total. The monoisotopic (exact) mass is 272 g/mol. The van der Waals surface area contributed by atoms with Crippen LogP contribution in [0.15, 0.2) is 18.2 Å². The van der Waals surface area contributed by atoms with Gasteiger partial charge in [0.1, 0.15) is 18.2 Å². The Hall–Kier alpha value is -1.01. The Morgan fingerprint density at radius 1 is 1.35 bits per heavy atom. The third-order valence-corrected chi connectivity index (χ3v) is 2.33. The van der Waals surface area contributed by atoms with Gasteiger partial charge >= 0.3 is 6.18 Å². The van der Waals surface area contributed by atoms with Crippen LogP contribution in [0.4, 0.5) is 17.6 Å². The van der Waals surface area contributed by atoms with Gasteiger partial charge in [-0.3, -0.25) is 0 Å². The van der Waals surface area contributed by atoms with E-state index in [4.69, 9.17) is 16.7 Å². The molecule has 0 saturated heterocycles. The van der Waals surface area contributed by atoms with Gasteiger partial charge < -0.3 is 9.84 Å². The molecule has 1 N–H and O–H groups in total. The zero-order valence-corrected chi connectivity index (χ0v) is 9.44. The summed E-state index contributed by atoms with van der Waals surface area (Å²) in [5.74, 6) is -0.952. The van der Waals surface area contributed by atoms with Crippen molar-refractivity contribution in [1.82, 2.24) is 0 Å². The fraction of sp³-hybridized carbons (Fsp3) is 0.400. The smallest absolute Gasteiger partial charge is 0.420 e. The first-order valence-corrected chi connectivity index (χ1v) is 4.88. The van der Waals surface area contributed by atoms with Gasteiger partial charge in [-0.25, -0.2) is 4.39 Å². The fourth-order valence-electron chi connectivity index (χ4n) is 0.872. The quantitative estimate of drug-likeness (QED) is 0.857. The van der Waals surface area contributed by atoms with Gasteiger partial charge in [-0.2, -0.15) is 13.2 Å². The molecule has 0 bridgehead atoms. The van der Waals surface area contributed by atoms with Gasteiger partial charge in [-0.1, -0.05) is 11.6 Å². The lowest BCUT2D eigenvalue weighted by Crippen LogP contribution is -2.47. The third-order valence-electron chi connectivity index (χ3n) is 2.02. The van der Waals surface area contributed by atoms with Gasteiger partial charge in [0.15, 0.2) is 5.60 Å². The Kier molecular flexibility index (Phi) is 3.88. The maximum Gasteiger partial charge on any atom is 0.420 e. The summed E-state index contributed by atoms with van der Waals surface area (Å²) in [6.45, 7) is -0.461. The maximum absolute atomic E-state index is 12.9. The lowest BCUT2D eigenvalue weighted by atomic mass is 10.1. The molecule has 96 valence electrons. The van der Waals surface area contributed by atoms with Crippen LogP contribution in [0.25, 0.3) is 0 Å². The highest BCUT2D eigenvalue weighted by Crippen LogP contribution is 2.31. The molecule has 7 heteroatoms. The summed E-state index contributed by atoms with van der Waals surface area (Å²) in [7, 11) is 0. The number of hydrogen-bond acceptors (Lipinski definition) is 2. The summed E-state index contributed by atoms with van der Waals surface area (Å²) >= 11 is 5.38. The Morgan fingerprint density at radius 2 is 1.94 bits per heavy atom. The van der Waals surface area contributed by atoms with Crippen LogP contribution in [-0.2, 0) is 0 Å². The molecule has 0 spiro atoms. The normalized spacial score (nSPS) is 15.5. The molecule has 0 aliphatic rings. The highest BCUT2D eigenvalue weighted by Gasteiger charge is 2.50. The molecular formula is C10H9ClF4O2. The van der Waals surface area contributed by atoms with E-state index in [-0.39, 0.29) is 10.8 Å². The van der Waals surface area contributed by atoms with Crippen molar-refractivity contribution < 1.29 is 27.4 Å². The van der Waals surface area contributed by atoms with Crippen LogP contribution in [0, 0.1) is 5.82 Å². The molecule has 0 heterocycles. The molecule has 1 atom stereocenters. The van der Waals surface area contributed by atoms with E-state index in [1.807, 2.05) is 0 Å². The average molecular weight is 273 g/mol. The van der Waals surface area contributed by atoms with Crippen molar-refractivity contribution in [2.45, 2.75) is 18.7 Å². The second-order valence-corrected chi connectivity index (χ2v) is 4.04. The molecule has 0 fully saturated rings. The summed E-state index contributed by atoms with van der Waals surface area (Å²) in [5.41, 5.74) is -3.00. The molecule has 0 aromatic heterocycles. The number of aliphatic hydroxyl groups is 1. The lowest BCUT2D eigenvalue weighted by Gasteiger charge is -2.26. The van der Waals surface area contributed by atoms with Gasteiger partial charge in [0.25, 0.3) is 0 Å². The standard InChI is InChI=1S/C10H9ClF4O2/c1-9(16,10(13,14)15)5-17-6-2-3-7(11)8(12)4-6/h2-4,16H,5H2,1H3. The van der Waals surface area contributed by atoms with Crippen molar-refractivity contribution in [3.05, 3.63) is 29.0 Å². The second-order valence-electron chi connectivity index (χ2n) is 3.64. The predicted octanol–water partition coefficient (Wildman–Crippen LogP) is 3.17. The molecule has 1 unspecified atom stereocenters. The van der Waals surface area contributed by atoms with E-state index in [0.29, 0.717) is 6.92 Å². The minimum Gasteiger partial charge on any atom is -0.490 e. The highest BCUT2D eigenvalue weighted by atomic mass is 35.5. The first-order valence-electron chi connectivity index (χ1n) is 4.50. The number of ether oxygens (including phenoxy) is 1. The van der Waals surface area contributed by atoms with Crippen LogP contribution in [0.1, 0.15) is 6.92 Å². The zero-order chi connectivity index (χ0) is 13.3. The summed E-state index contributed by atoms with van der Waals surface area (Å²) < 4.78 is 54.4. The van der Waals surface area contributed by atoms with Crippen molar-refractivity contribution in [3.8, 4) is 5.75 Å². The highest BCUT2D eigenvalue weighted by molar-refractivity contribution is 6.30. The van der Waals surface area contributed by atoms with E-state index in [9.17, 15) is 17.6 Å². The Balaban J connectivity index is 2.71. The van der Waals surface area contributed by atoms with E-state index in [1.165, 1.54) is 6.07 Å². The molecule has 17 heavy (non-hydrogen) atoms. The van der Waals surface area contributed by atoms with Crippen LogP contribution in [0.3, 0.4) is 0 Å². The van der Waals surface area contributed by atoms with E-state index >= 15 is 0 Å². The van der Waals surface area contributed by atoms with Gasteiger partial charge in [0.05, 0.1) is 5.02 Å². The maximum atomic E-state index is 12.9. The van der Waals surface area contributed by atoms with Crippen molar-refractivity contribution >= 4 is 11.6 Å². The van der Waals surface area contributed by atoms with E-state index in [2.05, 4.69) is 4.74 Å². The molecule has 0 radical (unpaired) electrons. The Bertz CT molecular complexity index is 404. The second kappa shape index (κ2) is 4.70. The molecular weight excluding hydrogens is 264 g/mol. The summed E-state index contributed by atoms with van der Waals surface area (Å²) in [6.07, 6.45) is -4.82. The van der Waals surface area contributed by atoms with Crippen molar-refractivity contribution in [2.75, 3.05) is 6.61 Å². The van der Waals surface area contributed by atoms with Crippen molar-refractivity contribution in [2.24, 2.45) is 0 Å². The number of alkyl halides is 3. The average Bonchev–Trinajstić information content (AvgIpc) is 2.18. The molecule has 1 rings (SSSR count). The molecule has 0 aliphatic carbocycles. The minimum absolute atomic E-state index is 0.142. The number of hydrogen-bond donors (Lipinski definition) is 1. The van der Waals surface area contributed by atoms with Crippen LogP contribution in [-0.4, -0.2) is 23.5 Å². The SMILES string of the molecule is CC(O)(COc1ccc(Cl)c(F)c1)C(F)(F)F. The molecule has 0 aliphatic heterocycles. The van der Waals surface area contributed by atoms with Gasteiger partial charge in [-0.15, -0.1) is 0 Å². The Labute approximate surface area is 99.8 Å². The zero-order valence-electron chi connectivity index (χ0n) is 8.68. The van der Waals surface area contributed by atoms with Crippen LogP contribution < -0.4 is 4.74 Å². The van der Waals surface area contributed by atoms with E-state index in [0.717, 1.165) is 12.1 Å². The molecule has 1 aromatic carbocycles. The first-order chi connectivity index (χ1) is 7.63. The van der Waals surface area contributed by atoms with Crippen LogP contribution in [0.2, 0.25) is 5.02 Å². The minimum atomic E-state index is -4.82. The van der Waals surface area contributed by atoms with E-state index < -0.39 is 24.2 Å². The summed E-state index contributed by atoms with van der Waals surface area (Å²) in [5, 5.41) is 8.90. The third kappa shape index (κ3) is 3.47. The largest absolute Gasteiger partial charge is 0.490 e. The van der Waals surface area contributed by atoms with Crippen LogP contribution >= 0.6 is 11.6 Å². The molecule has 0 amide bonds. The van der Waals surface area contributed by atoms with Gasteiger partial charge in [-0.05, 0) is 19.1 Å². The Morgan fingerprint density at radius 3 is 2.41 bits per heavy atom. The number of rotatable bonds is 3. The van der Waals surface area contributed by atoms with Gasteiger partial charge in [0.2, 0.25) is 0 Å². The summed E-state index contributed by atoms with van der Waals surface area (Å²) in [6, 6.07) is 3.20. The lowest BCUT2D eigenvalue weighted by molar-refractivity contribution is -0.260. The molecule has 0 saturated carbocycles. The number of halogens is 5. The predicted molar refractivity (Wildman–Crippen MR) is 53.6 cm³/mol. The van der Waals surface area contributed by atoms with Crippen molar-refractivity contribution in [3.63, 3.8) is 0 Å². The topological polar surface area (TPSA) is 29.5 Å². The fourth-order valence-corrected chi connectivity index (χ4v) is 0.990.